The van der Waals surface area contributed by atoms with Gasteiger partial charge in [0.1, 0.15) is 5.82 Å². The van der Waals surface area contributed by atoms with Gasteiger partial charge in [0, 0.05) is 23.5 Å². The average Bonchev–Trinajstić information content (AvgIpc) is 2.85. The molecule has 18 heavy (non-hydrogen) atoms. The highest BCUT2D eigenvalue weighted by Gasteiger charge is 1.98. The van der Waals surface area contributed by atoms with Gasteiger partial charge in [-0.2, -0.15) is 0 Å². The quantitative estimate of drug-likeness (QED) is 0.652. The number of fused-ring (bicyclic) bond motifs is 1. The van der Waals surface area contributed by atoms with Crippen LogP contribution in [0.4, 0.5) is 10.1 Å². The lowest BCUT2D eigenvalue weighted by Gasteiger charge is -1.96. The Hall–Kier alpha value is -2.42. The molecule has 0 atom stereocenters. The summed E-state index contributed by atoms with van der Waals surface area (Å²) in [4.78, 5) is 7.40. The lowest BCUT2D eigenvalue weighted by Crippen LogP contribution is -1.85. The third-order valence-corrected chi connectivity index (χ3v) is 2.80. The number of rotatable bonds is 2. The minimum absolute atomic E-state index is 0.262. The van der Waals surface area contributed by atoms with E-state index in [0.29, 0.717) is 5.56 Å². The smallest absolute Gasteiger partial charge is 0.131 e. The van der Waals surface area contributed by atoms with E-state index >= 15 is 0 Å². The molecule has 0 aliphatic heterocycles. The first kappa shape index (κ1) is 10.7. The molecule has 3 aromatic rings. The van der Waals surface area contributed by atoms with Crippen LogP contribution in [0.15, 0.2) is 59.7 Å². The van der Waals surface area contributed by atoms with E-state index in [-0.39, 0.29) is 5.82 Å². The van der Waals surface area contributed by atoms with Gasteiger partial charge in [-0.05, 0) is 29.7 Å². The first-order valence-electron chi connectivity index (χ1n) is 5.69. The normalized spacial score (nSPS) is 11.4. The van der Waals surface area contributed by atoms with Crippen molar-refractivity contribution in [2.45, 2.75) is 0 Å². The molecule has 1 heterocycles. The third kappa shape index (κ3) is 2.02. The number of halogens is 1. The minimum Gasteiger partial charge on any atom is -0.361 e. The molecule has 1 N–H and O–H groups in total. The predicted molar refractivity (Wildman–Crippen MR) is 72.0 cm³/mol. The monoisotopic (exact) mass is 238 g/mol. The van der Waals surface area contributed by atoms with Crippen LogP contribution < -0.4 is 0 Å². The van der Waals surface area contributed by atoms with E-state index in [9.17, 15) is 4.39 Å². The molecule has 2 aromatic carbocycles. The molecule has 0 spiro atoms. The van der Waals surface area contributed by atoms with Crippen LogP contribution >= 0.6 is 0 Å². The SMILES string of the molecule is Fc1ccccc1C=Nc1ccc2cc[nH]c2c1. The Morgan fingerprint density at radius 3 is 2.83 bits per heavy atom. The van der Waals surface area contributed by atoms with Gasteiger partial charge in [-0.3, -0.25) is 4.99 Å². The van der Waals surface area contributed by atoms with Gasteiger partial charge >= 0.3 is 0 Å². The van der Waals surface area contributed by atoms with Crippen LogP contribution in [0, 0.1) is 5.82 Å². The third-order valence-electron chi connectivity index (χ3n) is 2.80. The highest BCUT2D eigenvalue weighted by atomic mass is 19.1. The van der Waals surface area contributed by atoms with E-state index in [1.54, 1.807) is 24.4 Å². The number of H-pyrrole nitrogens is 1. The van der Waals surface area contributed by atoms with Crippen molar-refractivity contribution in [2.75, 3.05) is 0 Å². The molecule has 0 unspecified atom stereocenters. The van der Waals surface area contributed by atoms with Gasteiger partial charge in [-0.25, -0.2) is 4.39 Å². The number of aliphatic imine (C=N–C) groups is 1. The molecule has 0 amide bonds. The molecule has 3 heteroatoms. The second-order valence-corrected chi connectivity index (χ2v) is 4.03. The Labute approximate surface area is 104 Å². The van der Waals surface area contributed by atoms with Crippen LogP contribution in [-0.2, 0) is 0 Å². The molecule has 0 fully saturated rings. The van der Waals surface area contributed by atoms with E-state index in [4.69, 9.17) is 0 Å². The molecule has 3 rings (SSSR count). The van der Waals surface area contributed by atoms with Crippen molar-refractivity contribution in [2.24, 2.45) is 4.99 Å². The number of hydrogen-bond donors (Lipinski definition) is 1. The highest BCUT2D eigenvalue weighted by molar-refractivity contribution is 5.86. The molecule has 0 radical (unpaired) electrons. The second-order valence-electron chi connectivity index (χ2n) is 4.03. The van der Waals surface area contributed by atoms with Crippen molar-refractivity contribution in [1.82, 2.24) is 4.98 Å². The maximum atomic E-state index is 13.4. The van der Waals surface area contributed by atoms with Crippen LogP contribution in [-0.4, -0.2) is 11.2 Å². The maximum Gasteiger partial charge on any atom is 0.131 e. The van der Waals surface area contributed by atoms with Gasteiger partial charge in [0.2, 0.25) is 0 Å². The fourth-order valence-electron chi connectivity index (χ4n) is 1.84. The summed E-state index contributed by atoms with van der Waals surface area (Å²) >= 11 is 0. The molecular formula is C15H11FN2. The zero-order chi connectivity index (χ0) is 12.4. The fraction of sp³-hybridized carbons (Fsp3) is 0. The zero-order valence-electron chi connectivity index (χ0n) is 9.60. The van der Waals surface area contributed by atoms with Gasteiger partial charge in [0.25, 0.3) is 0 Å². The summed E-state index contributed by atoms with van der Waals surface area (Å²) < 4.78 is 13.4. The minimum atomic E-state index is -0.262. The number of benzene rings is 2. The molecule has 0 saturated heterocycles. The Bertz CT molecular complexity index is 713. The lowest BCUT2D eigenvalue weighted by molar-refractivity contribution is 0.626. The Morgan fingerprint density at radius 1 is 1.06 bits per heavy atom. The van der Waals surface area contributed by atoms with Crippen LogP contribution in [0.5, 0.6) is 0 Å². The standard InChI is InChI=1S/C15H11FN2/c16-14-4-2-1-3-12(14)10-18-13-6-5-11-7-8-17-15(11)9-13/h1-10,17H. The van der Waals surface area contributed by atoms with Crippen LogP contribution in [0.1, 0.15) is 5.56 Å². The number of hydrogen-bond acceptors (Lipinski definition) is 1. The Morgan fingerprint density at radius 2 is 1.94 bits per heavy atom. The fourth-order valence-corrected chi connectivity index (χ4v) is 1.84. The zero-order valence-corrected chi connectivity index (χ0v) is 9.60. The summed E-state index contributed by atoms with van der Waals surface area (Å²) in [6.45, 7) is 0. The largest absolute Gasteiger partial charge is 0.361 e. The average molecular weight is 238 g/mol. The van der Waals surface area contributed by atoms with E-state index in [1.807, 2.05) is 30.5 Å². The highest BCUT2D eigenvalue weighted by Crippen LogP contribution is 2.20. The van der Waals surface area contributed by atoms with Gasteiger partial charge in [0.05, 0.1) is 5.69 Å². The Balaban J connectivity index is 1.94. The van der Waals surface area contributed by atoms with Crippen molar-refractivity contribution >= 4 is 22.8 Å². The molecule has 0 aliphatic carbocycles. The number of aromatic nitrogens is 1. The number of aromatic amines is 1. The topological polar surface area (TPSA) is 28.1 Å². The summed E-state index contributed by atoms with van der Waals surface area (Å²) in [7, 11) is 0. The van der Waals surface area contributed by atoms with Crippen molar-refractivity contribution < 1.29 is 4.39 Å². The molecular weight excluding hydrogens is 227 g/mol. The molecule has 1 aromatic heterocycles. The lowest BCUT2D eigenvalue weighted by atomic mass is 10.2. The first-order valence-corrected chi connectivity index (χ1v) is 5.69. The molecule has 88 valence electrons. The number of nitrogens with one attached hydrogen (secondary N) is 1. The summed E-state index contributed by atoms with van der Waals surface area (Å²) in [5, 5.41) is 1.14. The van der Waals surface area contributed by atoms with Crippen molar-refractivity contribution in [1.29, 1.82) is 0 Å². The van der Waals surface area contributed by atoms with Crippen LogP contribution in [0.3, 0.4) is 0 Å². The molecule has 0 bridgehead atoms. The van der Waals surface area contributed by atoms with Crippen LogP contribution in [0.2, 0.25) is 0 Å². The maximum absolute atomic E-state index is 13.4. The number of nitrogens with zero attached hydrogens (tertiary/aromatic N) is 1. The van der Waals surface area contributed by atoms with Crippen molar-refractivity contribution in [3.05, 3.63) is 66.1 Å². The summed E-state index contributed by atoms with van der Waals surface area (Å²) in [6, 6.07) is 14.4. The summed E-state index contributed by atoms with van der Waals surface area (Å²) in [5.74, 6) is -0.262. The van der Waals surface area contributed by atoms with E-state index in [0.717, 1.165) is 16.6 Å². The molecule has 0 saturated carbocycles. The second kappa shape index (κ2) is 4.45. The van der Waals surface area contributed by atoms with E-state index < -0.39 is 0 Å². The van der Waals surface area contributed by atoms with Gasteiger partial charge in [-0.15, -0.1) is 0 Å². The molecule has 0 aliphatic rings. The van der Waals surface area contributed by atoms with Crippen molar-refractivity contribution in [3.8, 4) is 0 Å². The van der Waals surface area contributed by atoms with Gasteiger partial charge in [-0.1, -0.05) is 24.3 Å². The first-order chi connectivity index (χ1) is 8.83. The van der Waals surface area contributed by atoms with Gasteiger partial charge < -0.3 is 4.98 Å². The van der Waals surface area contributed by atoms with E-state index in [1.165, 1.54) is 6.07 Å². The van der Waals surface area contributed by atoms with Gasteiger partial charge in [0.15, 0.2) is 0 Å². The Kier molecular flexibility index (Phi) is 2.65. The van der Waals surface area contributed by atoms with E-state index in [2.05, 4.69) is 9.98 Å². The summed E-state index contributed by atoms with van der Waals surface area (Å²) in [6.07, 6.45) is 3.43. The van der Waals surface area contributed by atoms with Crippen molar-refractivity contribution in [3.63, 3.8) is 0 Å². The predicted octanol–water partition coefficient (Wildman–Crippen LogP) is 4.06. The molecule has 2 nitrogen and oxygen atoms in total. The van der Waals surface area contributed by atoms with Crippen LogP contribution in [0.25, 0.3) is 10.9 Å². The summed E-state index contributed by atoms with van der Waals surface area (Å²) in [5.41, 5.74) is 2.32.